The normalized spacial score (nSPS) is 26.8. The fourth-order valence-electron chi connectivity index (χ4n) is 3.10. The molecule has 1 aliphatic heterocycles. The quantitative estimate of drug-likeness (QED) is 0.678. The van der Waals surface area contributed by atoms with E-state index < -0.39 is 0 Å². The molecule has 0 aliphatic carbocycles. The summed E-state index contributed by atoms with van der Waals surface area (Å²) >= 11 is 0. The van der Waals surface area contributed by atoms with E-state index in [1.54, 1.807) is 0 Å². The molecule has 1 aliphatic rings. The Morgan fingerprint density at radius 1 is 1.05 bits per heavy atom. The highest BCUT2D eigenvalue weighted by Gasteiger charge is 2.44. The summed E-state index contributed by atoms with van der Waals surface area (Å²) in [5.74, 6) is 0.432. The van der Waals surface area contributed by atoms with Gasteiger partial charge in [-0.15, -0.1) is 0 Å². The Balaban J connectivity index is 3.09. The molecule has 19 heavy (non-hydrogen) atoms. The number of carbonyl (C=O) groups is 1. The smallest absolute Gasteiger partial charge is 0.225 e. The second kappa shape index (κ2) is 6.28. The van der Waals surface area contributed by atoms with E-state index in [9.17, 15) is 4.79 Å². The van der Waals surface area contributed by atoms with E-state index in [4.69, 9.17) is 0 Å². The standard InChI is InChI=1S/C17H33NO/c1-14(2)15(19)18-13-11-9-7-8-10-12-17(18,6)16(3,4)5/h14H,7-13H2,1-6H3. The summed E-state index contributed by atoms with van der Waals surface area (Å²) < 4.78 is 0. The van der Waals surface area contributed by atoms with Crippen molar-refractivity contribution in [2.24, 2.45) is 11.3 Å². The fourth-order valence-corrected chi connectivity index (χ4v) is 3.10. The largest absolute Gasteiger partial charge is 0.337 e. The number of hydrogen-bond acceptors (Lipinski definition) is 1. The molecule has 1 rings (SSSR count). The Labute approximate surface area is 119 Å². The zero-order valence-electron chi connectivity index (χ0n) is 13.9. The van der Waals surface area contributed by atoms with E-state index in [-0.39, 0.29) is 16.9 Å². The average molecular weight is 267 g/mol. The molecule has 1 unspecified atom stereocenters. The predicted octanol–water partition coefficient (Wildman–Crippen LogP) is 4.63. The monoisotopic (exact) mass is 267 g/mol. The van der Waals surface area contributed by atoms with Gasteiger partial charge in [0.2, 0.25) is 5.91 Å². The van der Waals surface area contributed by atoms with Gasteiger partial charge in [-0.05, 0) is 25.2 Å². The highest BCUT2D eigenvalue weighted by atomic mass is 16.2. The van der Waals surface area contributed by atoms with Crippen molar-refractivity contribution in [3.63, 3.8) is 0 Å². The molecule has 0 bridgehead atoms. The molecule has 2 heteroatoms. The topological polar surface area (TPSA) is 20.3 Å². The van der Waals surface area contributed by atoms with Crippen molar-refractivity contribution in [1.82, 2.24) is 4.90 Å². The molecule has 1 saturated heterocycles. The summed E-state index contributed by atoms with van der Waals surface area (Å²) in [6.45, 7) is 14.1. The molecule has 1 fully saturated rings. The second-order valence-electron chi connectivity index (χ2n) is 7.69. The predicted molar refractivity (Wildman–Crippen MR) is 82.1 cm³/mol. The van der Waals surface area contributed by atoms with Crippen LogP contribution in [0, 0.1) is 11.3 Å². The molecule has 0 radical (unpaired) electrons. The maximum atomic E-state index is 12.7. The Morgan fingerprint density at radius 3 is 2.11 bits per heavy atom. The lowest BCUT2D eigenvalue weighted by atomic mass is 9.70. The van der Waals surface area contributed by atoms with E-state index in [1.807, 2.05) is 13.8 Å². The Hall–Kier alpha value is -0.530. The second-order valence-corrected chi connectivity index (χ2v) is 7.69. The maximum Gasteiger partial charge on any atom is 0.225 e. The Bertz CT molecular complexity index is 303. The van der Waals surface area contributed by atoms with E-state index in [0.717, 1.165) is 19.4 Å². The summed E-state index contributed by atoms with van der Waals surface area (Å²) in [5.41, 5.74) is 0.112. The van der Waals surface area contributed by atoms with Crippen LogP contribution in [0.5, 0.6) is 0 Å². The Kier molecular flexibility index (Phi) is 5.46. The molecule has 0 N–H and O–H groups in total. The van der Waals surface area contributed by atoms with E-state index in [1.165, 1.54) is 25.7 Å². The average Bonchev–Trinajstić information content (AvgIpc) is 2.38. The first kappa shape index (κ1) is 16.5. The van der Waals surface area contributed by atoms with Gasteiger partial charge in [0.15, 0.2) is 0 Å². The highest BCUT2D eigenvalue weighted by Crippen LogP contribution is 2.41. The number of amides is 1. The van der Waals surface area contributed by atoms with Crippen LogP contribution < -0.4 is 0 Å². The molecular weight excluding hydrogens is 234 g/mol. The van der Waals surface area contributed by atoms with Gasteiger partial charge in [-0.1, -0.05) is 60.3 Å². The molecular formula is C17H33NO. The van der Waals surface area contributed by atoms with Crippen LogP contribution in [0.25, 0.3) is 0 Å². The van der Waals surface area contributed by atoms with Crippen LogP contribution in [0.4, 0.5) is 0 Å². The van der Waals surface area contributed by atoms with Gasteiger partial charge in [0, 0.05) is 18.0 Å². The van der Waals surface area contributed by atoms with Crippen LogP contribution in [0.1, 0.15) is 80.1 Å². The summed E-state index contributed by atoms with van der Waals surface area (Å²) in [6, 6.07) is 0. The van der Waals surface area contributed by atoms with Crippen molar-refractivity contribution in [3.05, 3.63) is 0 Å². The lowest BCUT2D eigenvalue weighted by Gasteiger charge is -2.51. The molecule has 0 spiro atoms. The fraction of sp³-hybridized carbons (Fsp3) is 0.941. The first-order valence-corrected chi connectivity index (χ1v) is 8.01. The van der Waals surface area contributed by atoms with Crippen molar-refractivity contribution in [3.8, 4) is 0 Å². The SMILES string of the molecule is CC(C)C(=O)N1CCCCCCCC1(C)C(C)(C)C. The minimum atomic E-state index is -0.0152. The zero-order chi connectivity index (χ0) is 14.7. The Morgan fingerprint density at radius 2 is 1.58 bits per heavy atom. The minimum Gasteiger partial charge on any atom is -0.337 e. The van der Waals surface area contributed by atoms with Crippen molar-refractivity contribution in [1.29, 1.82) is 0 Å². The van der Waals surface area contributed by atoms with Gasteiger partial charge in [0.1, 0.15) is 0 Å². The van der Waals surface area contributed by atoms with Crippen LogP contribution in [0.2, 0.25) is 0 Å². The number of nitrogens with zero attached hydrogens (tertiary/aromatic N) is 1. The van der Waals surface area contributed by atoms with E-state index in [0.29, 0.717) is 5.91 Å². The molecule has 2 nitrogen and oxygen atoms in total. The van der Waals surface area contributed by atoms with Gasteiger partial charge in [-0.2, -0.15) is 0 Å². The van der Waals surface area contributed by atoms with Crippen LogP contribution in [0.15, 0.2) is 0 Å². The van der Waals surface area contributed by atoms with Gasteiger partial charge in [-0.3, -0.25) is 4.79 Å². The number of rotatable bonds is 1. The lowest BCUT2D eigenvalue weighted by Crippen LogP contribution is -2.58. The van der Waals surface area contributed by atoms with Gasteiger partial charge in [0.05, 0.1) is 0 Å². The molecule has 0 aromatic rings. The summed E-state index contributed by atoms with van der Waals surface area (Å²) in [4.78, 5) is 14.9. The van der Waals surface area contributed by atoms with Crippen molar-refractivity contribution in [2.75, 3.05) is 6.54 Å². The van der Waals surface area contributed by atoms with Crippen LogP contribution in [0.3, 0.4) is 0 Å². The summed E-state index contributed by atoms with van der Waals surface area (Å²) in [6.07, 6.45) is 7.44. The van der Waals surface area contributed by atoms with Crippen LogP contribution in [-0.4, -0.2) is 22.9 Å². The molecule has 1 heterocycles. The first-order chi connectivity index (χ1) is 8.70. The third kappa shape index (κ3) is 3.73. The minimum absolute atomic E-state index is 0.0152. The van der Waals surface area contributed by atoms with Crippen LogP contribution >= 0.6 is 0 Å². The molecule has 0 saturated carbocycles. The van der Waals surface area contributed by atoms with Gasteiger partial charge in [0.25, 0.3) is 0 Å². The van der Waals surface area contributed by atoms with Gasteiger partial charge < -0.3 is 4.90 Å². The number of carbonyl (C=O) groups excluding carboxylic acids is 1. The van der Waals surface area contributed by atoms with Crippen molar-refractivity contribution in [2.45, 2.75) is 85.6 Å². The van der Waals surface area contributed by atoms with Crippen molar-refractivity contribution < 1.29 is 4.79 Å². The first-order valence-electron chi connectivity index (χ1n) is 8.01. The molecule has 112 valence electrons. The maximum absolute atomic E-state index is 12.7. The summed E-state index contributed by atoms with van der Waals surface area (Å²) in [5, 5.41) is 0. The molecule has 0 aromatic heterocycles. The van der Waals surface area contributed by atoms with E-state index in [2.05, 4.69) is 32.6 Å². The molecule has 1 amide bonds. The van der Waals surface area contributed by atoms with E-state index >= 15 is 0 Å². The number of hydrogen-bond donors (Lipinski definition) is 0. The van der Waals surface area contributed by atoms with Crippen LogP contribution in [-0.2, 0) is 4.79 Å². The third-order valence-electron chi connectivity index (χ3n) is 5.02. The lowest BCUT2D eigenvalue weighted by molar-refractivity contribution is -0.146. The summed E-state index contributed by atoms with van der Waals surface area (Å²) in [7, 11) is 0. The van der Waals surface area contributed by atoms with Gasteiger partial charge >= 0.3 is 0 Å². The molecule has 1 atom stereocenters. The molecule has 0 aromatic carbocycles. The van der Waals surface area contributed by atoms with Gasteiger partial charge in [-0.25, -0.2) is 0 Å². The zero-order valence-corrected chi connectivity index (χ0v) is 13.9. The third-order valence-corrected chi connectivity index (χ3v) is 5.02. The van der Waals surface area contributed by atoms with Crippen molar-refractivity contribution >= 4 is 5.91 Å². The highest BCUT2D eigenvalue weighted by molar-refractivity contribution is 5.79.